The van der Waals surface area contributed by atoms with Crippen molar-refractivity contribution in [2.75, 3.05) is 13.7 Å². The first-order valence-electron chi connectivity index (χ1n) is 6.27. The molecule has 1 amide bonds. The Kier molecular flexibility index (Phi) is 3.94. The standard InChI is InChI=1S/C15H14N2O4/c1-9(18)12-13(10-5-3-4-6-11(10)21-2)17(8-7-16)15(20)14(12)19/h3-6,13,19H,8H2,1-2H3/t13-/m1/s1. The van der Waals surface area contributed by atoms with E-state index < -0.39 is 23.5 Å². The number of ether oxygens (including phenoxy) is 1. The molecule has 1 aliphatic heterocycles. The fourth-order valence-electron chi connectivity index (χ4n) is 2.47. The number of nitriles is 1. The summed E-state index contributed by atoms with van der Waals surface area (Å²) in [4.78, 5) is 25.0. The molecule has 1 aromatic rings. The van der Waals surface area contributed by atoms with E-state index in [4.69, 9.17) is 10.00 Å². The average Bonchev–Trinajstić information content (AvgIpc) is 2.72. The highest BCUT2D eigenvalue weighted by atomic mass is 16.5. The number of aliphatic hydroxyl groups is 1. The van der Waals surface area contributed by atoms with Crippen molar-refractivity contribution >= 4 is 11.7 Å². The van der Waals surface area contributed by atoms with E-state index in [0.29, 0.717) is 11.3 Å². The summed E-state index contributed by atoms with van der Waals surface area (Å²) in [5.74, 6) is -1.27. The number of ketones is 1. The van der Waals surface area contributed by atoms with Crippen molar-refractivity contribution in [2.24, 2.45) is 0 Å². The predicted molar refractivity (Wildman–Crippen MR) is 73.4 cm³/mol. The number of hydrogen-bond acceptors (Lipinski definition) is 5. The van der Waals surface area contributed by atoms with Gasteiger partial charge in [0.15, 0.2) is 11.5 Å². The minimum absolute atomic E-state index is 0.0141. The highest BCUT2D eigenvalue weighted by Gasteiger charge is 2.43. The Morgan fingerprint density at radius 3 is 2.71 bits per heavy atom. The lowest BCUT2D eigenvalue weighted by Gasteiger charge is -2.25. The van der Waals surface area contributed by atoms with Crippen LogP contribution in [0.2, 0.25) is 0 Å². The van der Waals surface area contributed by atoms with Gasteiger partial charge in [-0.1, -0.05) is 18.2 Å². The van der Waals surface area contributed by atoms with Crippen molar-refractivity contribution in [3.8, 4) is 11.8 Å². The van der Waals surface area contributed by atoms with Gasteiger partial charge in [0.25, 0.3) is 5.91 Å². The smallest absolute Gasteiger partial charge is 0.290 e. The number of carbonyl (C=O) groups excluding carboxylic acids is 2. The third-order valence-electron chi connectivity index (χ3n) is 3.36. The summed E-state index contributed by atoms with van der Waals surface area (Å²) >= 11 is 0. The number of para-hydroxylation sites is 1. The Morgan fingerprint density at radius 2 is 2.14 bits per heavy atom. The Morgan fingerprint density at radius 1 is 1.48 bits per heavy atom. The zero-order valence-corrected chi connectivity index (χ0v) is 11.7. The van der Waals surface area contributed by atoms with E-state index >= 15 is 0 Å². The average molecular weight is 286 g/mol. The van der Waals surface area contributed by atoms with Gasteiger partial charge in [-0.15, -0.1) is 0 Å². The molecule has 0 aromatic heterocycles. The monoisotopic (exact) mass is 286 g/mol. The van der Waals surface area contributed by atoms with Gasteiger partial charge in [-0.3, -0.25) is 9.59 Å². The van der Waals surface area contributed by atoms with Crippen LogP contribution in [0.1, 0.15) is 18.5 Å². The highest BCUT2D eigenvalue weighted by Crippen LogP contribution is 2.40. The summed E-state index contributed by atoms with van der Waals surface area (Å²) in [7, 11) is 1.47. The second-order valence-electron chi connectivity index (χ2n) is 4.55. The number of nitrogens with zero attached hydrogens (tertiary/aromatic N) is 2. The molecule has 1 N–H and O–H groups in total. The Bertz CT molecular complexity index is 672. The molecule has 0 aliphatic carbocycles. The summed E-state index contributed by atoms with van der Waals surface area (Å²) in [6.45, 7) is 1.04. The first-order valence-corrected chi connectivity index (χ1v) is 6.27. The molecular weight excluding hydrogens is 272 g/mol. The number of carbonyl (C=O) groups is 2. The molecule has 6 heteroatoms. The van der Waals surface area contributed by atoms with Gasteiger partial charge < -0.3 is 14.7 Å². The highest BCUT2D eigenvalue weighted by molar-refractivity contribution is 6.08. The summed E-state index contributed by atoms with van der Waals surface area (Å²) in [5.41, 5.74) is 0.539. The molecule has 1 heterocycles. The lowest BCUT2D eigenvalue weighted by Crippen LogP contribution is -2.31. The zero-order valence-electron chi connectivity index (χ0n) is 11.7. The number of amides is 1. The van der Waals surface area contributed by atoms with Crippen molar-refractivity contribution in [1.29, 1.82) is 5.26 Å². The fraction of sp³-hybridized carbons (Fsp3) is 0.267. The lowest BCUT2D eigenvalue weighted by molar-refractivity contribution is -0.128. The molecule has 0 saturated carbocycles. The van der Waals surface area contributed by atoms with E-state index in [1.807, 2.05) is 6.07 Å². The van der Waals surface area contributed by atoms with E-state index in [9.17, 15) is 14.7 Å². The number of Topliss-reactive ketones (excluding diaryl/α,β-unsaturated/α-hetero) is 1. The van der Waals surface area contributed by atoms with Gasteiger partial charge in [0.2, 0.25) is 0 Å². The van der Waals surface area contributed by atoms with Gasteiger partial charge in [0.1, 0.15) is 12.3 Å². The van der Waals surface area contributed by atoms with Gasteiger partial charge >= 0.3 is 0 Å². The number of benzene rings is 1. The molecule has 0 unspecified atom stereocenters. The normalized spacial score (nSPS) is 17.9. The Labute approximate surface area is 121 Å². The number of methoxy groups -OCH3 is 1. The van der Waals surface area contributed by atoms with E-state index in [0.717, 1.165) is 4.90 Å². The molecule has 1 aromatic carbocycles. The third-order valence-corrected chi connectivity index (χ3v) is 3.36. The number of rotatable bonds is 4. The van der Waals surface area contributed by atoms with Gasteiger partial charge in [0.05, 0.1) is 24.8 Å². The molecule has 0 radical (unpaired) electrons. The molecule has 2 rings (SSSR count). The van der Waals surface area contributed by atoms with Crippen LogP contribution < -0.4 is 4.74 Å². The van der Waals surface area contributed by atoms with Crippen molar-refractivity contribution in [3.63, 3.8) is 0 Å². The molecule has 6 nitrogen and oxygen atoms in total. The van der Waals surface area contributed by atoms with Crippen LogP contribution in [-0.2, 0) is 9.59 Å². The molecule has 1 atom stereocenters. The first kappa shape index (κ1) is 14.6. The molecule has 108 valence electrons. The van der Waals surface area contributed by atoms with Crippen molar-refractivity contribution in [2.45, 2.75) is 13.0 Å². The van der Waals surface area contributed by atoms with E-state index in [1.54, 1.807) is 24.3 Å². The van der Waals surface area contributed by atoms with Gasteiger partial charge in [-0.05, 0) is 13.0 Å². The molecule has 21 heavy (non-hydrogen) atoms. The summed E-state index contributed by atoms with van der Waals surface area (Å²) in [6, 6.07) is 7.94. The lowest BCUT2D eigenvalue weighted by atomic mass is 9.96. The van der Waals surface area contributed by atoms with Crippen LogP contribution >= 0.6 is 0 Å². The van der Waals surface area contributed by atoms with Gasteiger partial charge in [-0.25, -0.2) is 0 Å². The van der Waals surface area contributed by atoms with Gasteiger partial charge in [0, 0.05) is 5.56 Å². The number of aliphatic hydroxyl groups excluding tert-OH is 1. The molecule has 0 saturated heterocycles. The van der Waals surface area contributed by atoms with Crippen LogP contribution in [0.3, 0.4) is 0 Å². The van der Waals surface area contributed by atoms with E-state index in [2.05, 4.69) is 0 Å². The maximum Gasteiger partial charge on any atom is 0.290 e. The number of hydrogen-bond donors (Lipinski definition) is 1. The largest absolute Gasteiger partial charge is 0.503 e. The predicted octanol–water partition coefficient (Wildman–Crippen LogP) is 1.50. The molecule has 1 aliphatic rings. The van der Waals surface area contributed by atoms with Crippen LogP contribution in [0, 0.1) is 11.3 Å². The third kappa shape index (κ3) is 2.34. The quantitative estimate of drug-likeness (QED) is 0.847. The van der Waals surface area contributed by atoms with E-state index in [-0.39, 0.29) is 12.1 Å². The minimum atomic E-state index is -0.814. The minimum Gasteiger partial charge on any atom is -0.503 e. The van der Waals surface area contributed by atoms with Crippen LogP contribution in [0.4, 0.5) is 0 Å². The maximum absolute atomic E-state index is 12.1. The fourth-order valence-corrected chi connectivity index (χ4v) is 2.47. The second kappa shape index (κ2) is 5.67. The van der Waals surface area contributed by atoms with Crippen molar-refractivity contribution in [3.05, 3.63) is 41.2 Å². The van der Waals surface area contributed by atoms with Crippen LogP contribution in [-0.4, -0.2) is 35.4 Å². The molecule has 0 spiro atoms. The Balaban J connectivity index is 2.63. The van der Waals surface area contributed by atoms with Crippen LogP contribution in [0.15, 0.2) is 35.6 Å². The summed E-state index contributed by atoms with van der Waals surface area (Å²) < 4.78 is 5.25. The molecule has 0 fully saturated rings. The molecule has 0 bridgehead atoms. The van der Waals surface area contributed by atoms with Crippen molar-refractivity contribution < 1.29 is 19.4 Å². The van der Waals surface area contributed by atoms with Crippen molar-refractivity contribution in [1.82, 2.24) is 4.90 Å². The second-order valence-corrected chi connectivity index (χ2v) is 4.55. The Hall–Kier alpha value is -2.81. The topological polar surface area (TPSA) is 90.6 Å². The van der Waals surface area contributed by atoms with Crippen LogP contribution in [0.25, 0.3) is 0 Å². The van der Waals surface area contributed by atoms with Gasteiger partial charge in [-0.2, -0.15) is 5.26 Å². The van der Waals surface area contributed by atoms with E-state index in [1.165, 1.54) is 14.0 Å². The van der Waals surface area contributed by atoms with Crippen LogP contribution in [0.5, 0.6) is 5.75 Å². The zero-order chi connectivity index (χ0) is 15.6. The maximum atomic E-state index is 12.1. The summed E-state index contributed by atoms with van der Waals surface area (Å²) in [5, 5.41) is 18.8. The first-order chi connectivity index (χ1) is 10.0. The SMILES string of the molecule is COc1ccccc1[C@@H]1C(C(C)=O)=C(O)C(=O)N1CC#N. The molecular formula is C15H14N2O4. The summed E-state index contributed by atoms with van der Waals surface area (Å²) in [6.07, 6.45) is 0.